The average Bonchev–Trinajstić information content (AvgIpc) is 3.15. The SMILES string of the molecule is C[C@]1(Cc2ccc(F)c(Cl)c2)Cc2cc(C(=O)N(CCCc3ccccc3)CC(=O)O)ccc2O1. The summed E-state index contributed by atoms with van der Waals surface area (Å²) in [4.78, 5) is 26.0. The van der Waals surface area contributed by atoms with E-state index in [4.69, 9.17) is 16.3 Å². The zero-order chi connectivity index (χ0) is 25.0. The molecule has 1 aliphatic heterocycles. The monoisotopic (exact) mass is 495 g/mol. The number of carboxylic acids is 1. The Balaban J connectivity index is 1.45. The molecule has 5 nitrogen and oxygen atoms in total. The van der Waals surface area contributed by atoms with Gasteiger partial charge in [-0.05, 0) is 66.8 Å². The Morgan fingerprint density at radius 2 is 1.86 bits per heavy atom. The molecule has 1 aliphatic rings. The number of rotatable bonds is 9. The van der Waals surface area contributed by atoms with Crippen molar-refractivity contribution < 1.29 is 23.8 Å². The van der Waals surface area contributed by atoms with Crippen LogP contribution in [0.1, 0.15) is 40.4 Å². The van der Waals surface area contributed by atoms with Gasteiger partial charge in [0.1, 0.15) is 23.7 Å². The fraction of sp³-hybridized carbons (Fsp3) is 0.286. The molecular formula is C28H27ClFNO4. The molecule has 0 aliphatic carbocycles. The van der Waals surface area contributed by atoms with E-state index in [1.807, 2.05) is 37.3 Å². The zero-order valence-corrected chi connectivity index (χ0v) is 20.2. The van der Waals surface area contributed by atoms with Crippen molar-refractivity contribution in [2.45, 2.75) is 38.2 Å². The molecule has 0 radical (unpaired) electrons. The number of aliphatic carboxylic acids is 1. The first kappa shape index (κ1) is 24.7. The molecule has 0 saturated heterocycles. The molecule has 0 spiro atoms. The van der Waals surface area contributed by atoms with Gasteiger partial charge in [-0.3, -0.25) is 9.59 Å². The molecule has 182 valence electrons. The van der Waals surface area contributed by atoms with Crippen molar-refractivity contribution in [1.29, 1.82) is 0 Å². The van der Waals surface area contributed by atoms with Crippen LogP contribution in [0.2, 0.25) is 5.02 Å². The van der Waals surface area contributed by atoms with Crippen molar-refractivity contribution in [3.63, 3.8) is 0 Å². The molecule has 1 amide bonds. The topological polar surface area (TPSA) is 66.8 Å². The van der Waals surface area contributed by atoms with Crippen LogP contribution >= 0.6 is 11.6 Å². The normalized spacial score (nSPS) is 16.4. The Bertz CT molecular complexity index is 1230. The summed E-state index contributed by atoms with van der Waals surface area (Å²) in [5.74, 6) is -1.14. The Hall–Kier alpha value is -3.38. The van der Waals surface area contributed by atoms with Gasteiger partial charge in [0, 0.05) is 24.9 Å². The molecule has 1 heterocycles. The van der Waals surface area contributed by atoms with Crippen molar-refractivity contribution in [3.05, 3.63) is 99.8 Å². The molecule has 35 heavy (non-hydrogen) atoms. The van der Waals surface area contributed by atoms with E-state index >= 15 is 0 Å². The average molecular weight is 496 g/mol. The minimum atomic E-state index is -1.05. The van der Waals surface area contributed by atoms with Gasteiger partial charge in [-0.15, -0.1) is 0 Å². The number of carbonyl (C=O) groups excluding carboxylic acids is 1. The molecule has 1 N–H and O–H groups in total. The minimum absolute atomic E-state index is 0.0697. The maximum Gasteiger partial charge on any atom is 0.323 e. The number of amides is 1. The molecule has 0 saturated carbocycles. The fourth-order valence-corrected chi connectivity index (χ4v) is 4.75. The van der Waals surface area contributed by atoms with E-state index in [1.165, 1.54) is 11.0 Å². The van der Waals surface area contributed by atoms with Gasteiger partial charge in [-0.25, -0.2) is 4.39 Å². The van der Waals surface area contributed by atoms with Crippen LogP contribution in [0.15, 0.2) is 66.7 Å². The summed E-state index contributed by atoms with van der Waals surface area (Å²) in [5.41, 5.74) is 2.75. The minimum Gasteiger partial charge on any atom is -0.487 e. The van der Waals surface area contributed by atoms with E-state index in [2.05, 4.69) is 0 Å². The van der Waals surface area contributed by atoms with Crippen molar-refractivity contribution in [3.8, 4) is 5.75 Å². The van der Waals surface area contributed by atoms with Gasteiger partial charge in [0.2, 0.25) is 0 Å². The first-order valence-corrected chi connectivity index (χ1v) is 11.9. The van der Waals surface area contributed by atoms with Crippen LogP contribution in [-0.2, 0) is 24.1 Å². The van der Waals surface area contributed by atoms with Crippen molar-refractivity contribution >= 4 is 23.5 Å². The van der Waals surface area contributed by atoms with Crippen LogP contribution in [-0.4, -0.2) is 40.6 Å². The second kappa shape index (κ2) is 10.5. The lowest BCUT2D eigenvalue weighted by molar-refractivity contribution is -0.137. The number of halogens is 2. The van der Waals surface area contributed by atoms with E-state index in [-0.39, 0.29) is 17.5 Å². The van der Waals surface area contributed by atoms with E-state index in [0.29, 0.717) is 37.1 Å². The predicted molar refractivity (Wildman–Crippen MR) is 133 cm³/mol. The van der Waals surface area contributed by atoms with Crippen molar-refractivity contribution in [2.24, 2.45) is 0 Å². The molecule has 0 aromatic heterocycles. The molecular weight excluding hydrogens is 469 g/mol. The summed E-state index contributed by atoms with van der Waals surface area (Å²) >= 11 is 5.93. The summed E-state index contributed by atoms with van der Waals surface area (Å²) in [5, 5.41) is 9.42. The number of aryl methyl sites for hydroxylation is 1. The second-order valence-corrected chi connectivity index (χ2v) is 9.59. The Morgan fingerprint density at radius 3 is 2.57 bits per heavy atom. The molecule has 4 rings (SSSR count). The van der Waals surface area contributed by atoms with Crippen molar-refractivity contribution in [2.75, 3.05) is 13.1 Å². The number of fused-ring (bicyclic) bond motifs is 1. The number of hydrogen-bond acceptors (Lipinski definition) is 3. The zero-order valence-electron chi connectivity index (χ0n) is 19.5. The van der Waals surface area contributed by atoms with Crippen LogP contribution in [0.4, 0.5) is 4.39 Å². The number of carbonyl (C=O) groups is 2. The predicted octanol–water partition coefficient (Wildman–Crippen LogP) is 5.58. The summed E-state index contributed by atoms with van der Waals surface area (Å²) in [7, 11) is 0. The maximum atomic E-state index is 13.5. The van der Waals surface area contributed by atoms with Crippen LogP contribution in [0, 0.1) is 5.82 Å². The third kappa shape index (κ3) is 6.20. The lowest BCUT2D eigenvalue weighted by atomic mass is 9.91. The number of nitrogens with zero attached hydrogens (tertiary/aromatic N) is 1. The van der Waals surface area contributed by atoms with Crippen LogP contribution in [0.5, 0.6) is 5.75 Å². The first-order valence-electron chi connectivity index (χ1n) is 11.5. The molecule has 3 aromatic rings. The third-order valence-corrected chi connectivity index (χ3v) is 6.43. The largest absolute Gasteiger partial charge is 0.487 e. The molecule has 0 unspecified atom stereocenters. The quantitative estimate of drug-likeness (QED) is 0.421. The van der Waals surface area contributed by atoms with Gasteiger partial charge in [-0.2, -0.15) is 0 Å². The van der Waals surface area contributed by atoms with E-state index in [0.717, 1.165) is 23.1 Å². The summed E-state index contributed by atoms with van der Waals surface area (Å²) in [6, 6.07) is 19.7. The van der Waals surface area contributed by atoms with Gasteiger partial charge >= 0.3 is 5.97 Å². The molecule has 0 bridgehead atoms. The van der Waals surface area contributed by atoms with E-state index in [1.54, 1.807) is 30.3 Å². The van der Waals surface area contributed by atoms with Crippen LogP contribution < -0.4 is 4.74 Å². The number of benzene rings is 3. The fourth-order valence-electron chi connectivity index (χ4n) is 4.55. The highest BCUT2D eigenvalue weighted by atomic mass is 35.5. The van der Waals surface area contributed by atoms with E-state index < -0.39 is 17.4 Å². The standard InChI is InChI=1S/C28H27ClFNO4/c1-28(16-20-9-11-24(30)23(29)14-20)17-22-15-21(10-12-25(22)35-28)27(34)31(18-26(32)33)13-5-8-19-6-3-2-4-7-19/h2-4,6-7,9-12,14-15H,5,8,13,16-18H2,1H3,(H,32,33)/t28-/m0/s1. The van der Waals surface area contributed by atoms with Gasteiger partial charge in [0.25, 0.3) is 5.91 Å². The Kier molecular flexibility index (Phi) is 7.41. The Morgan fingerprint density at radius 1 is 1.09 bits per heavy atom. The van der Waals surface area contributed by atoms with Crippen LogP contribution in [0.3, 0.4) is 0 Å². The van der Waals surface area contributed by atoms with Gasteiger partial charge in [0.05, 0.1) is 5.02 Å². The van der Waals surface area contributed by atoms with Crippen molar-refractivity contribution in [1.82, 2.24) is 4.90 Å². The molecule has 1 atom stereocenters. The summed E-state index contributed by atoms with van der Waals surface area (Å²) < 4.78 is 19.7. The summed E-state index contributed by atoms with van der Waals surface area (Å²) in [6.45, 7) is 1.95. The van der Waals surface area contributed by atoms with Gasteiger partial charge in [-0.1, -0.05) is 48.0 Å². The smallest absolute Gasteiger partial charge is 0.323 e. The maximum absolute atomic E-state index is 13.5. The highest BCUT2D eigenvalue weighted by molar-refractivity contribution is 6.30. The highest BCUT2D eigenvalue weighted by Gasteiger charge is 2.35. The number of carboxylic acid groups (broad SMARTS) is 1. The van der Waals surface area contributed by atoms with Crippen LogP contribution in [0.25, 0.3) is 0 Å². The highest BCUT2D eigenvalue weighted by Crippen LogP contribution is 2.38. The lowest BCUT2D eigenvalue weighted by Crippen LogP contribution is -2.36. The third-order valence-electron chi connectivity index (χ3n) is 6.14. The number of hydrogen-bond donors (Lipinski definition) is 1. The lowest BCUT2D eigenvalue weighted by Gasteiger charge is -2.24. The summed E-state index contributed by atoms with van der Waals surface area (Å²) in [6.07, 6.45) is 2.50. The second-order valence-electron chi connectivity index (χ2n) is 9.19. The number of ether oxygens (including phenoxy) is 1. The molecule has 3 aromatic carbocycles. The Labute approximate surface area is 209 Å². The van der Waals surface area contributed by atoms with Gasteiger partial charge in [0.15, 0.2) is 0 Å². The van der Waals surface area contributed by atoms with E-state index in [9.17, 15) is 19.1 Å². The molecule has 0 fully saturated rings. The first-order chi connectivity index (χ1) is 16.7. The van der Waals surface area contributed by atoms with Gasteiger partial charge < -0.3 is 14.7 Å². The molecule has 7 heteroatoms.